The molecule has 210 valence electrons. The summed E-state index contributed by atoms with van der Waals surface area (Å²) in [6.45, 7) is 3.67. The first-order chi connectivity index (χ1) is 19.4. The van der Waals surface area contributed by atoms with E-state index in [9.17, 15) is 14.7 Å². The lowest BCUT2D eigenvalue weighted by Crippen LogP contribution is -2.45. The Labute approximate surface area is 231 Å². The van der Waals surface area contributed by atoms with E-state index in [0.717, 1.165) is 22.1 Å². The molecule has 40 heavy (non-hydrogen) atoms. The third-order valence-electron chi connectivity index (χ3n) is 6.24. The maximum absolute atomic E-state index is 12.4. The van der Waals surface area contributed by atoms with Crippen LogP contribution in [0.3, 0.4) is 0 Å². The number of fused-ring (bicyclic) bond motifs is 1. The maximum atomic E-state index is 12.4. The smallest absolute Gasteiger partial charge is 0.337 e. The second kappa shape index (κ2) is 12.9. The number of carbonyl (C=O) groups excluding carboxylic acids is 2. The molecule has 2 atom stereocenters. The lowest BCUT2D eigenvalue weighted by molar-refractivity contribution is -0.136. The Kier molecular flexibility index (Phi) is 9.07. The Morgan fingerprint density at radius 1 is 1.07 bits per heavy atom. The van der Waals surface area contributed by atoms with E-state index in [1.54, 1.807) is 38.4 Å². The molecule has 11 nitrogen and oxygen atoms in total. The van der Waals surface area contributed by atoms with Gasteiger partial charge in [-0.3, -0.25) is 5.43 Å². The maximum Gasteiger partial charge on any atom is 0.337 e. The number of aliphatic hydroxyl groups excluding tert-OH is 1. The minimum atomic E-state index is -1.12. The lowest BCUT2D eigenvalue weighted by Gasteiger charge is -2.28. The van der Waals surface area contributed by atoms with E-state index in [1.807, 2.05) is 43.3 Å². The Hall–Kier alpha value is -4.77. The van der Waals surface area contributed by atoms with Crippen LogP contribution < -0.4 is 30.3 Å². The van der Waals surface area contributed by atoms with Crippen LogP contribution in [0.25, 0.3) is 10.8 Å². The minimum absolute atomic E-state index is 0.128. The van der Waals surface area contributed by atoms with Crippen LogP contribution in [0.4, 0.5) is 4.79 Å². The summed E-state index contributed by atoms with van der Waals surface area (Å²) in [5, 5.41) is 21.8. The molecule has 3 aromatic rings. The van der Waals surface area contributed by atoms with Crippen LogP contribution in [0.15, 0.2) is 71.0 Å². The summed E-state index contributed by atoms with van der Waals surface area (Å²) in [4.78, 5) is 24.5. The number of carbonyl (C=O) groups is 2. The van der Waals surface area contributed by atoms with Crippen molar-refractivity contribution in [1.82, 2.24) is 16.1 Å². The van der Waals surface area contributed by atoms with E-state index >= 15 is 0 Å². The van der Waals surface area contributed by atoms with Gasteiger partial charge < -0.3 is 34.7 Å². The molecule has 0 unspecified atom stereocenters. The zero-order valence-electron chi connectivity index (χ0n) is 22.7. The van der Waals surface area contributed by atoms with Gasteiger partial charge in [0.2, 0.25) is 0 Å². The van der Waals surface area contributed by atoms with Crippen LogP contribution in [0.5, 0.6) is 17.2 Å². The number of nitrogens with one attached hydrogen (secondary N) is 3. The number of rotatable bonds is 11. The molecule has 0 saturated carbocycles. The summed E-state index contributed by atoms with van der Waals surface area (Å²) in [7, 11) is 2.90. The topological polar surface area (TPSA) is 140 Å². The van der Waals surface area contributed by atoms with E-state index in [-0.39, 0.29) is 12.2 Å². The van der Waals surface area contributed by atoms with Gasteiger partial charge in [-0.05, 0) is 49.1 Å². The van der Waals surface area contributed by atoms with Crippen LogP contribution in [-0.4, -0.2) is 57.0 Å². The highest BCUT2D eigenvalue weighted by Crippen LogP contribution is 2.35. The van der Waals surface area contributed by atoms with Crippen molar-refractivity contribution in [2.24, 2.45) is 5.10 Å². The first kappa shape index (κ1) is 28.2. The third-order valence-corrected chi connectivity index (χ3v) is 6.24. The average molecular weight is 549 g/mol. The quantitative estimate of drug-likeness (QED) is 0.124. The highest BCUT2D eigenvalue weighted by molar-refractivity contribution is 6.02. The van der Waals surface area contributed by atoms with E-state index in [0.29, 0.717) is 29.4 Å². The van der Waals surface area contributed by atoms with E-state index in [4.69, 9.17) is 18.9 Å². The molecule has 3 aromatic carbocycles. The first-order valence-corrected chi connectivity index (χ1v) is 12.6. The summed E-state index contributed by atoms with van der Waals surface area (Å²) >= 11 is 0. The van der Waals surface area contributed by atoms with Gasteiger partial charge in [0.1, 0.15) is 12.4 Å². The number of methoxy groups -OCH3 is 2. The number of nitrogens with zero attached hydrogens (tertiary/aromatic N) is 1. The molecule has 4 N–H and O–H groups in total. The zero-order chi connectivity index (χ0) is 28.6. The fourth-order valence-corrected chi connectivity index (χ4v) is 4.40. The number of esters is 1. The molecular weight excluding hydrogens is 516 g/mol. The second-order valence-corrected chi connectivity index (χ2v) is 8.82. The van der Waals surface area contributed by atoms with E-state index < -0.39 is 24.3 Å². The number of hydrogen-bond acceptors (Lipinski definition) is 9. The third kappa shape index (κ3) is 6.26. The van der Waals surface area contributed by atoms with Crippen LogP contribution in [-0.2, 0) is 9.53 Å². The average Bonchev–Trinajstić information content (AvgIpc) is 2.96. The molecule has 0 radical (unpaired) electrons. The molecule has 1 heterocycles. The van der Waals surface area contributed by atoms with Gasteiger partial charge >= 0.3 is 12.0 Å². The Bertz CT molecular complexity index is 1450. The molecule has 0 aromatic heterocycles. The molecule has 0 aliphatic carbocycles. The summed E-state index contributed by atoms with van der Waals surface area (Å²) in [5.74, 6) is 0.957. The highest BCUT2D eigenvalue weighted by Gasteiger charge is 2.32. The van der Waals surface area contributed by atoms with Gasteiger partial charge in [0.25, 0.3) is 0 Å². The summed E-state index contributed by atoms with van der Waals surface area (Å²) in [5.41, 5.74) is 4.79. The number of hydrazone groups is 1. The van der Waals surface area contributed by atoms with Gasteiger partial charge in [-0.1, -0.05) is 30.3 Å². The van der Waals surface area contributed by atoms with Crippen molar-refractivity contribution >= 4 is 29.0 Å². The van der Waals surface area contributed by atoms with Gasteiger partial charge in [0, 0.05) is 16.6 Å². The number of hydrogen-bond donors (Lipinski definition) is 4. The molecule has 2 amide bonds. The predicted molar refractivity (Wildman–Crippen MR) is 149 cm³/mol. The molecule has 1 aliphatic heterocycles. The van der Waals surface area contributed by atoms with Crippen molar-refractivity contribution < 1.29 is 33.6 Å². The van der Waals surface area contributed by atoms with Crippen molar-refractivity contribution in [2.75, 3.05) is 27.4 Å². The standard InChI is InChI=1S/C29H32N4O7/c1-5-39-24-14-18(27-26(28(35)38-4)17(2)31-29(36)32-27)10-13-23(24)40-16-25(34)33-30-15-19-11-12-22(37-3)21-9-7-6-8-20(19)21/h6-15,25,27,33-34H,5,16H2,1-4H3,(H2,31,32,36)/b30-15-/t25-,27-/m1/s1. The second-order valence-electron chi connectivity index (χ2n) is 8.82. The van der Waals surface area contributed by atoms with E-state index in [2.05, 4.69) is 21.2 Å². The van der Waals surface area contributed by atoms with Gasteiger partial charge in [-0.25, -0.2) is 9.59 Å². The monoisotopic (exact) mass is 548 g/mol. The number of ether oxygens (including phenoxy) is 4. The molecule has 0 spiro atoms. The van der Waals surface area contributed by atoms with Gasteiger partial charge in [0.15, 0.2) is 17.7 Å². The number of urea groups is 1. The SMILES string of the molecule is CCOc1cc([C@H]2NC(=O)NC(C)=C2C(=O)OC)ccc1OC[C@@H](O)N/N=C\c1ccc(OC)c2ccccc12. The molecule has 0 saturated heterocycles. The zero-order valence-corrected chi connectivity index (χ0v) is 22.7. The fraction of sp³-hybridized carbons (Fsp3) is 0.276. The van der Waals surface area contributed by atoms with Gasteiger partial charge in [-0.15, -0.1) is 0 Å². The summed E-state index contributed by atoms with van der Waals surface area (Å²) < 4.78 is 21.9. The fourth-order valence-electron chi connectivity index (χ4n) is 4.40. The van der Waals surface area contributed by atoms with Crippen LogP contribution in [0.1, 0.15) is 31.0 Å². The highest BCUT2D eigenvalue weighted by atomic mass is 16.5. The lowest BCUT2D eigenvalue weighted by atomic mass is 9.95. The number of amides is 2. The predicted octanol–water partition coefficient (Wildman–Crippen LogP) is 3.37. The van der Waals surface area contributed by atoms with Crippen LogP contribution in [0.2, 0.25) is 0 Å². The molecule has 0 fully saturated rings. The number of allylic oxidation sites excluding steroid dienone is 1. The van der Waals surface area contributed by atoms with Crippen LogP contribution in [0, 0.1) is 0 Å². The molecule has 11 heteroatoms. The molecule has 4 rings (SSSR count). The number of benzene rings is 3. The summed E-state index contributed by atoms with van der Waals surface area (Å²) in [6.07, 6.45) is 0.503. The molecular formula is C29H32N4O7. The Morgan fingerprint density at radius 2 is 1.82 bits per heavy atom. The van der Waals surface area contributed by atoms with Crippen LogP contribution >= 0.6 is 0 Å². The number of aliphatic hydroxyl groups is 1. The van der Waals surface area contributed by atoms with Crippen molar-refractivity contribution in [2.45, 2.75) is 26.1 Å². The molecule has 1 aliphatic rings. The summed E-state index contributed by atoms with van der Waals surface area (Å²) in [6, 6.07) is 15.4. The van der Waals surface area contributed by atoms with Crippen molar-refractivity contribution in [3.63, 3.8) is 0 Å². The van der Waals surface area contributed by atoms with Gasteiger partial charge in [0.05, 0.1) is 38.7 Å². The minimum Gasteiger partial charge on any atom is -0.496 e. The van der Waals surface area contributed by atoms with Crippen molar-refractivity contribution in [3.05, 3.63) is 77.0 Å². The van der Waals surface area contributed by atoms with Gasteiger partial charge in [-0.2, -0.15) is 5.10 Å². The molecule has 0 bridgehead atoms. The first-order valence-electron chi connectivity index (χ1n) is 12.6. The Balaban J connectivity index is 1.45. The van der Waals surface area contributed by atoms with E-state index in [1.165, 1.54) is 7.11 Å². The normalized spacial score (nSPS) is 15.8. The largest absolute Gasteiger partial charge is 0.496 e. The Morgan fingerprint density at radius 3 is 2.55 bits per heavy atom. The van der Waals surface area contributed by atoms with Crippen molar-refractivity contribution in [3.8, 4) is 17.2 Å². The van der Waals surface area contributed by atoms with Crippen molar-refractivity contribution in [1.29, 1.82) is 0 Å².